The molecule has 2 aromatic carbocycles. The second-order valence-corrected chi connectivity index (χ2v) is 8.78. The van der Waals surface area contributed by atoms with Crippen molar-refractivity contribution in [1.82, 2.24) is 24.3 Å². The average Bonchev–Trinajstić information content (AvgIpc) is 3.42. The van der Waals surface area contributed by atoms with Gasteiger partial charge in [0.15, 0.2) is 11.5 Å². The van der Waals surface area contributed by atoms with Crippen molar-refractivity contribution < 1.29 is 13.6 Å². The van der Waals surface area contributed by atoms with E-state index < -0.39 is 11.2 Å². The van der Waals surface area contributed by atoms with E-state index >= 15 is 0 Å². The second kappa shape index (κ2) is 7.91. The number of nitrogens with two attached hydrogens (primary N) is 1. The van der Waals surface area contributed by atoms with Crippen molar-refractivity contribution in [3.8, 4) is 11.5 Å². The molecule has 4 heterocycles. The van der Waals surface area contributed by atoms with Gasteiger partial charge in [-0.25, -0.2) is 28.7 Å². The summed E-state index contributed by atoms with van der Waals surface area (Å²) in [6, 6.07) is 12.0. The Kier molecular flexibility index (Phi) is 4.78. The van der Waals surface area contributed by atoms with Crippen LogP contribution in [0.1, 0.15) is 29.3 Å². The van der Waals surface area contributed by atoms with Gasteiger partial charge < -0.3 is 15.5 Å². The predicted molar refractivity (Wildman–Crippen MR) is 129 cm³/mol. The Morgan fingerprint density at radius 3 is 2.64 bits per heavy atom. The Morgan fingerprint density at radius 2 is 1.86 bits per heavy atom. The van der Waals surface area contributed by atoms with Gasteiger partial charge in [-0.2, -0.15) is 0 Å². The number of anilines is 2. The van der Waals surface area contributed by atoms with Crippen LogP contribution in [-0.4, -0.2) is 30.2 Å². The summed E-state index contributed by atoms with van der Waals surface area (Å²) in [7, 11) is 0. The van der Waals surface area contributed by atoms with Gasteiger partial charge in [-0.05, 0) is 42.3 Å². The summed E-state index contributed by atoms with van der Waals surface area (Å²) in [5.41, 5.74) is 8.55. The van der Waals surface area contributed by atoms with E-state index in [-0.39, 0.29) is 29.2 Å². The molecule has 5 aromatic rings. The molecule has 8 nitrogen and oxygen atoms in total. The summed E-state index contributed by atoms with van der Waals surface area (Å²) in [6.45, 7) is 1.70. The minimum Gasteiger partial charge on any atom is -0.383 e. The molecule has 1 atom stereocenters. The number of hydrogen-bond acceptors (Lipinski definition) is 6. The predicted octanol–water partition coefficient (Wildman–Crippen LogP) is 3.90. The van der Waals surface area contributed by atoms with Gasteiger partial charge in [0.25, 0.3) is 0 Å². The first-order chi connectivity index (χ1) is 17.3. The van der Waals surface area contributed by atoms with Gasteiger partial charge in [0.05, 0.1) is 11.3 Å². The van der Waals surface area contributed by atoms with Crippen LogP contribution in [-0.2, 0) is 16.6 Å². The van der Waals surface area contributed by atoms with Crippen LogP contribution in [0.5, 0.6) is 0 Å². The average molecular weight is 483 g/mol. The van der Waals surface area contributed by atoms with Crippen LogP contribution >= 0.6 is 0 Å². The number of nitrogens with one attached hydrogen (secondary N) is 1. The standard InChI is InChI=1S/C26H19F2N7O/c1-26(15-5-7-16(27)8-6-15)20-21(29)32-22(33-23(20)34-25(26)36)19-13-35-10-9-30-24(35)18(31-19)12-14-3-2-4-17(28)11-14/h2-11,13H,12H2,1H3,(H3,29,32,33,34,36). The first kappa shape index (κ1) is 21.8. The van der Waals surface area contributed by atoms with E-state index in [1.165, 1.54) is 24.3 Å². The summed E-state index contributed by atoms with van der Waals surface area (Å²) in [5.74, 6) is -0.487. The quantitative estimate of drug-likeness (QED) is 0.401. The molecule has 1 amide bonds. The third-order valence-electron chi connectivity index (χ3n) is 6.48. The highest BCUT2D eigenvalue weighted by Gasteiger charge is 2.47. The molecule has 0 fully saturated rings. The fourth-order valence-electron chi connectivity index (χ4n) is 4.64. The molecule has 0 saturated heterocycles. The fourth-order valence-corrected chi connectivity index (χ4v) is 4.64. The molecule has 1 aliphatic rings. The number of nitrogens with zero attached hydrogens (tertiary/aromatic N) is 5. The SMILES string of the molecule is CC1(c2ccc(F)cc2)C(=O)Nc2nc(-c3cn4ccnc4c(Cc4cccc(F)c4)n3)nc(N)c21. The smallest absolute Gasteiger partial charge is 0.240 e. The van der Waals surface area contributed by atoms with Gasteiger partial charge in [-0.3, -0.25) is 4.79 Å². The molecule has 0 aliphatic carbocycles. The highest BCUT2D eigenvalue weighted by atomic mass is 19.1. The van der Waals surface area contributed by atoms with Crippen molar-refractivity contribution in [2.45, 2.75) is 18.8 Å². The number of aromatic nitrogens is 5. The maximum atomic E-state index is 13.7. The number of nitrogen functional groups attached to an aromatic ring is 1. The maximum Gasteiger partial charge on any atom is 0.240 e. The highest BCUT2D eigenvalue weighted by molar-refractivity contribution is 6.09. The Balaban J connectivity index is 1.46. The minimum atomic E-state index is -1.18. The molecule has 178 valence electrons. The molecule has 0 radical (unpaired) electrons. The second-order valence-electron chi connectivity index (χ2n) is 8.78. The first-order valence-electron chi connectivity index (χ1n) is 11.2. The summed E-state index contributed by atoms with van der Waals surface area (Å²) >= 11 is 0. The molecule has 1 unspecified atom stereocenters. The lowest BCUT2D eigenvalue weighted by Crippen LogP contribution is -2.33. The molecule has 36 heavy (non-hydrogen) atoms. The van der Waals surface area contributed by atoms with E-state index in [2.05, 4.69) is 20.3 Å². The number of fused-ring (bicyclic) bond motifs is 2. The van der Waals surface area contributed by atoms with Crippen LogP contribution in [0.2, 0.25) is 0 Å². The van der Waals surface area contributed by atoms with Crippen molar-refractivity contribution in [2.75, 3.05) is 11.1 Å². The molecule has 3 aromatic heterocycles. The normalized spacial score (nSPS) is 16.8. The van der Waals surface area contributed by atoms with E-state index in [9.17, 15) is 13.6 Å². The molecule has 0 saturated carbocycles. The molecular formula is C26H19F2N7O. The Bertz CT molecular complexity index is 1670. The van der Waals surface area contributed by atoms with Crippen molar-refractivity contribution >= 4 is 23.2 Å². The van der Waals surface area contributed by atoms with Crippen LogP contribution < -0.4 is 11.1 Å². The number of carbonyl (C=O) groups excluding carboxylic acids is 1. The van der Waals surface area contributed by atoms with Gasteiger partial charge >= 0.3 is 0 Å². The van der Waals surface area contributed by atoms with E-state index in [4.69, 9.17) is 10.7 Å². The van der Waals surface area contributed by atoms with Crippen LogP contribution in [0.3, 0.4) is 0 Å². The zero-order valence-corrected chi connectivity index (χ0v) is 19.0. The third kappa shape index (κ3) is 3.37. The number of imidazole rings is 1. The van der Waals surface area contributed by atoms with Crippen LogP contribution in [0.25, 0.3) is 17.2 Å². The third-order valence-corrected chi connectivity index (χ3v) is 6.48. The number of amides is 1. The Morgan fingerprint density at radius 1 is 1.06 bits per heavy atom. The zero-order chi connectivity index (χ0) is 25.0. The number of rotatable bonds is 4. The summed E-state index contributed by atoms with van der Waals surface area (Å²) in [6.07, 6.45) is 5.46. The van der Waals surface area contributed by atoms with Crippen molar-refractivity contribution in [3.05, 3.63) is 101 Å². The van der Waals surface area contributed by atoms with E-state index in [1.807, 2.05) is 6.07 Å². The topological polar surface area (TPSA) is 111 Å². The monoisotopic (exact) mass is 483 g/mol. The molecule has 1 aliphatic heterocycles. The lowest BCUT2D eigenvalue weighted by atomic mass is 9.78. The van der Waals surface area contributed by atoms with Crippen LogP contribution in [0, 0.1) is 11.6 Å². The lowest BCUT2D eigenvalue weighted by molar-refractivity contribution is -0.119. The van der Waals surface area contributed by atoms with Crippen molar-refractivity contribution in [2.24, 2.45) is 0 Å². The largest absolute Gasteiger partial charge is 0.383 e. The van der Waals surface area contributed by atoms with Gasteiger partial charge in [-0.15, -0.1) is 0 Å². The van der Waals surface area contributed by atoms with Gasteiger partial charge in [0.2, 0.25) is 5.91 Å². The summed E-state index contributed by atoms with van der Waals surface area (Å²) in [5, 5.41) is 2.79. The summed E-state index contributed by atoms with van der Waals surface area (Å²) < 4.78 is 29.0. The first-order valence-corrected chi connectivity index (χ1v) is 11.2. The van der Waals surface area contributed by atoms with Crippen LogP contribution in [0.15, 0.2) is 67.1 Å². The molecule has 10 heteroatoms. The molecule has 6 rings (SSSR count). The molecule has 0 bridgehead atoms. The number of carbonyl (C=O) groups is 1. The van der Waals surface area contributed by atoms with Crippen molar-refractivity contribution in [1.29, 1.82) is 0 Å². The maximum absolute atomic E-state index is 13.7. The van der Waals surface area contributed by atoms with Gasteiger partial charge in [-0.1, -0.05) is 24.3 Å². The molecular weight excluding hydrogens is 464 g/mol. The highest BCUT2D eigenvalue weighted by Crippen LogP contribution is 2.44. The number of benzene rings is 2. The van der Waals surface area contributed by atoms with Gasteiger partial charge in [0.1, 0.15) is 34.4 Å². The molecule has 0 spiro atoms. The minimum absolute atomic E-state index is 0.111. The Hall–Kier alpha value is -4.73. The van der Waals surface area contributed by atoms with E-state index in [1.54, 1.807) is 48.1 Å². The van der Waals surface area contributed by atoms with E-state index in [0.717, 1.165) is 5.56 Å². The number of hydrogen-bond donors (Lipinski definition) is 2. The Labute approximate surface area is 203 Å². The van der Waals surface area contributed by atoms with Crippen LogP contribution in [0.4, 0.5) is 20.4 Å². The fraction of sp³-hybridized carbons (Fsp3) is 0.115. The van der Waals surface area contributed by atoms with Crippen molar-refractivity contribution in [3.63, 3.8) is 0 Å². The zero-order valence-electron chi connectivity index (χ0n) is 19.0. The van der Waals surface area contributed by atoms with E-state index in [0.29, 0.717) is 34.6 Å². The lowest BCUT2D eigenvalue weighted by Gasteiger charge is -2.23. The number of halogens is 2. The van der Waals surface area contributed by atoms with Gasteiger partial charge in [0, 0.05) is 25.0 Å². The summed E-state index contributed by atoms with van der Waals surface area (Å²) in [4.78, 5) is 31.2. The molecule has 3 N–H and O–H groups in total.